The van der Waals surface area contributed by atoms with Crippen LogP contribution in [0.15, 0.2) is 47.3 Å². The molecule has 1 aromatic heterocycles. The highest BCUT2D eigenvalue weighted by atomic mass is 35.5. The molecule has 0 saturated carbocycles. The van der Waals surface area contributed by atoms with E-state index in [4.69, 9.17) is 21.1 Å². The highest BCUT2D eigenvalue weighted by Gasteiger charge is 2.33. The quantitative estimate of drug-likeness (QED) is 0.475. The maximum Gasteiger partial charge on any atom is 0.275 e. The molecule has 1 amide bonds. The number of aromatic hydroxyl groups is 1. The molecule has 1 atom stereocenters. The van der Waals surface area contributed by atoms with E-state index in [1.165, 1.54) is 18.8 Å². The summed E-state index contributed by atoms with van der Waals surface area (Å²) >= 11 is 6.01. The number of likely N-dealkylation sites (tertiary alicyclic amines) is 1. The summed E-state index contributed by atoms with van der Waals surface area (Å²) in [4.78, 5) is 33.4. The number of rotatable bonds is 8. The third-order valence-electron chi connectivity index (χ3n) is 6.54. The summed E-state index contributed by atoms with van der Waals surface area (Å²) in [7, 11) is 2.99. The van der Waals surface area contributed by atoms with Gasteiger partial charge in [-0.25, -0.2) is 0 Å². The molecular weight excluding hydrogens is 482 g/mol. The van der Waals surface area contributed by atoms with Gasteiger partial charge in [-0.15, -0.1) is 0 Å². The minimum absolute atomic E-state index is 0.113. The van der Waals surface area contributed by atoms with E-state index in [0.29, 0.717) is 47.5 Å². The Labute approximate surface area is 215 Å². The lowest BCUT2D eigenvalue weighted by Crippen LogP contribution is -2.37. The molecule has 4 rings (SSSR count). The first kappa shape index (κ1) is 25.6. The number of ether oxygens (including phenoxy) is 2. The van der Waals surface area contributed by atoms with Gasteiger partial charge in [0.2, 0.25) is 5.88 Å². The lowest BCUT2D eigenvalue weighted by molar-refractivity contribution is 0.0784. The Hall–Kier alpha value is -3.52. The fourth-order valence-electron chi connectivity index (χ4n) is 4.64. The summed E-state index contributed by atoms with van der Waals surface area (Å²) in [5.41, 5.74) is 0.403. The molecule has 0 spiro atoms. The van der Waals surface area contributed by atoms with Crippen molar-refractivity contribution in [2.24, 2.45) is 0 Å². The zero-order chi connectivity index (χ0) is 25.8. The summed E-state index contributed by atoms with van der Waals surface area (Å²) in [6, 6.07) is 12.7. The van der Waals surface area contributed by atoms with Gasteiger partial charge >= 0.3 is 0 Å². The third kappa shape index (κ3) is 4.91. The van der Waals surface area contributed by atoms with Crippen molar-refractivity contribution < 1.29 is 19.4 Å². The minimum atomic E-state index is -0.656. The average Bonchev–Trinajstić information content (AvgIpc) is 3.38. The largest absolute Gasteiger partial charge is 0.494 e. The molecule has 1 fully saturated rings. The van der Waals surface area contributed by atoms with Crippen LogP contribution in [-0.2, 0) is 6.42 Å². The second-order valence-electron chi connectivity index (χ2n) is 8.77. The number of amides is 1. The molecule has 8 nitrogen and oxygen atoms in total. The molecule has 0 radical (unpaired) electrons. The lowest BCUT2D eigenvalue weighted by Gasteiger charge is -2.21. The number of hydrogen-bond acceptors (Lipinski definition) is 6. The number of carbonyl (C=O) groups excluding carboxylic acids is 1. The fourth-order valence-corrected chi connectivity index (χ4v) is 4.76. The molecule has 36 heavy (non-hydrogen) atoms. The van der Waals surface area contributed by atoms with E-state index in [-0.39, 0.29) is 11.5 Å². The average molecular weight is 512 g/mol. The van der Waals surface area contributed by atoms with E-state index in [1.807, 2.05) is 31.2 Å². The molecule has 0 aliphatic carbocycles. The van der Waals surface area contributed by atoms with E-state index >= 15 is 0 Å². The third-order valence-corrected chi connectivity index (χ3v) is 6.80. The number of para-hydroxylation sites is 1. The van der Waals surface area contributed by atoms with E-state index in [9.17, 15) is 14.7 Å². The zero-order valence-corrected chi connectivity index (χ0v) is 21.4. The number of carbonyl (C=O) groups is 1. The molecule has 3 aromatic rings. The van der Waals surface area contributed by atoms with Crippen molar-refractivity contribution in [2.75, 3.05) is 27.3 Å². The van der Waals surface area contributed by atoms with Crippen LogP contribution in [0.4, 0.5) is 0 Å². The second-order valence-corrected chi connectivity index (χ2v) is 9.21. The van der Waals surface area contributed by atoms with Gasteiger partial charge in [0.15, 0.2) is 5.56 Å². The predicted octanol–water partition coefficient (Wildman–Crippen LogP) is 4.58. The molecule has 1 unspecified atom stereocenters. The van der Waals surface area contributed by atoms with Crippen molar-refractivity contribution >= 4 is 17.5 Å². The van der Waals surface area contributed by atoms with Crippen molar-refractivity contribution in [1.82, 2.24) is 14.5 Å². The predicted molar refractivity (Wildman–Crippen MR) is 138 cm³/mol. The Morgan fingerprint density at radius 1 is 1.14 bits per heavy atom. The fraction of sp³-hybridized carbons (Fsp3) is 0.370. The van der Waals surface area contributed by atoms with Gasteiger partial charge in [-0.3, -0.25) is 14.2 Å². The standard InChI is InChI=1S/C27H30ClN3O5/c1-4-5-9-22-29-25(32)23(27(34)31(22)24-20(35-2)7-6-8-21(24)36-3)26(33)30-15-14-18(16-30)17-10-12-19(28)13-11-17/h6-8,10-13,18,32H,4-5,9,14-16H2,1-3H3. The molecule has 0 bridgehead atoms. The Bertz CT molecular complexity index is 1280. The summed E-state index contributed by atoms with van der Waals surface area (Å²) in [6.45, 7) is 2.91. The first-order valence-electron chi connectivity index (χ1n) is 12.0. The maximum atomic E-state index is 13.9. The first-order valence-corrected chi connectivity index (χ1v) is 12.4. The smallest absolute Gasteiger partial charge is 0.275 e. The van der Waals surface area contributed by atoms with Crippen molar-refractivity contribution in [3.05, 3.63) is 74.8 Å². The zero-order valence-electron chi connectivity index (χ0n) is 20.7. The molecule has 1 N–H and O–H groups in total. The molecule has 1 aliphatic rings. The van der Waals surface area contributed by atoms with Gasteiger partial charge in [0.25, 0.3) is 11.5 Å². The summed E-state index contributed by atoms with van der Waals surface area (Å²) in [6.07, 6.45) is 2.77. The SMILES string of the molecule is CCCCc1nc(O)c(C(=O)N2CCC(c3ccc(Cl)cc3)C2)c(=O)n1-c1c(OC)cccc1OC. The molecule has 9 heteroatoms. The van der Waals surface area contributed by atoms with Crippen LogP contribution in [0, 0.1) is 0 Å². The van der Waals surface area contributed by atoms with Crippen LogP contribution in [0.1, 0.15) is 53.8 Å². The number of benzene rings is 2. The summed E-state index contributed by atoms with van der Waals surface area (Å²) < 4.78 is 12.4. The minimum Gasteiger partial charge on any atom is -0.494 e. The van der Waals surface area contributed by atoms with Crippen LogP contribution in [0.2, 0.25) is 5.02 Å². The number of methoxy groups -OCH3 is 2. The van der Waals surface area contributed by atoms with Crippen molar-refractivity contribution in [3.8, 4) is 23.1 Å². The number of aryl methyl sites for hydroxylation is 1. The number of halogens is 1. The van der Waals surface area contributed by atoms with E-state index < -0.39 is 17.3 Å². The lowest BCUT2D eigenvalue weighted by atomic mass is 9.99. The van der Waals surface area contributed by atoms with Crippen LogP contribution in [-0.4, -0.2) is 52.8 Å². The molecule has 1 saturated heterocycles. The van der Waals surface area contributed by atoms with Gasteiger partial charge < -0.3 is 19.5 Å². The monoisotopic (exact) mass is 511 g/mol. The highest BCUT2D eigenvalue weighted by Crippen LogP contribution is 2.34. The molecule has 190 valence electrons. The van der Waals surface area contributed by atoms with Crippen LogP contribution < -0.4 is 15.0 Å². The first-order chi connectivity index (χ1) is 17.4. The van der Waals surface area contributed by atoms with Crippen molar-refractivity contribution in [2.45, 2.75) is 38.5 Å². The second kappa shape index (κ2) is 11.0. The molecule has 1 aliphatic heterocycles. The Kier molecular flexibility index (Phi) is 7.84. The van der Waals surface area contributed by atoms with Gasteiger partial charge in [0.05, 0.1) is 14.2 Å². The number of hydrogen-bond donors (Lipinski definition) is 1. The van der Waals surface area contributed by atoms with Gasteiger partial charge in [0, 0.05) is 30.5 Å². The maximum absolute atomic E-state index is 13.9. The van der Waals surface area contributed by atoms with Crippen LogP contribution in [0.5, 0.6) is 17.4 Å². The molecule has 2 heterocycles. The van der Waals surface area contributed by atoms with E-state index in [1.54, 1.807) is 23.1 Å². The Balaban J connectivity index is 1.78. The van der Waals surface area contributed by atoms with Crippen LogP contribution in [0.25, 0.3) is 5.69 Å². The van der Waals surface area contributed by atoms with Gasteiger partial charge in [-0.05, 0) is 42.7 Å². The van der Waals surface area contributed by atoms with E-state index in [0.717, 1.165) is 24.8 Å². The number of aromatic nitrogens is 2. The summed E-state index contributed by atoms with van der Waals surface area (Å²) in [5, 5.41) is 11.4. The number of unbranched alkanes of at least 4 members (excludes halogenated alkanes) is 1. The van der Waals surface area contributed by atoms with E-state index in [2.05, 4.69) is 4.98 Å². The van der Waals surface area contributed by atoms with Gasteiger partial charge in [-0.1, -0.05) is 43.1 Å². The number of nitrogens with zero attached hydrogens (tertiary/aromatic N) is 3. The van der Waals surface area contributed by atoms with Crippen molar-refractivity contribution in [3.63, 3.8) is 0 Å². The van der Waals surface area contributed by atoms with Crippen LogP contribution >= 0.6 is 11.6 Å². The van der Waals surface area contributed by atoms with Gasteiger partial charge in [-0.2, -0.15) is 4.98 Å². The Morgan fingerprint density at radius 2 is 1.81 bits per heavy atom. The normalized spacial score (nSPS) is 15.2. The molecule has 2 aromatic carbocycles. The molecular formula is C27H30ClN3O5. The highest BCUT2D eigenvalue weighted by molar-refractivity contribution is 6.30. The van der Waals surface area contributed by atoms with Crippen LogP contribution in [0.3, 0.4) is 0 Å². The Morgan fingerprint density at radius 3 is 2.42 bits per heavy atom. The summed E-state index contributed by atoms with van der Waals surface area (Å²) in [5.74, 6) is 0.122. The topological polar surface area (TPSA) is 93.9 Å². The van der Waals surface area contributed by atoms with Gasteiger partial charge in [0.1, 0.15) is 23.0 Å². The van der Waals surface area contributed by atoms with Crippen molar-refractivity contribution in [1.29, 1.82) is 0 Å².